The molecule has 0 spiro atoms. The summed E-state index contributed by atoms with van der Waals surface area (Å²) in [6, 6.07) is 5.85. The van der Waals surface area contributed by atoms with Crippen LogP contribution in [0.15, 0.2) is 18.2 Å². The molecular weight excluding hydrogens is 294 g/mol. The van der Waals surface area contributed by atoms with Gasteiger partial charge in [-0.15, -0.1) is 0 Å². The van der Waals surface area contributed by atoms with Crippen LogP contribution in [0.3, 0.4) is 0 Å². The molecule has 126 valence electrons. The van der Waals surface area contributed by atoms with Crippen LogP contribution in [0, 0.1) is 13.8 Å². The van der Waals surface area contributed by atoms with Crippen molar-refractivity contribution in [2.75, 3.05) is 20.8 Å². The van der Waals surface area contributed by atoms with E-state index >= 15 is 0 Å². The highest BCUT2D eigenvalue weighted by Gasteiger charge is 2.12. The molecule has 1 heterocycles. The van der Waals surface area contributed by atoms with Crippen molar-refractivity contribution in [2.24, 2.45) is 0 Å². The maximum absolute atomic E-state index is 9.07. The van der Waals surface area contributed by atoms with E-state index in [1.54, 1.807) is 14.2 Å². The molecule has 6 nitrogen and oxygen atoms in total. The fourth-order valence-electron chi connectivity index (χ4n) is 2.72. The molecule has 0 aliphatic heterocycles. The minimum absolute atomic E-state index is 0.0931. The molecule has 0 radical (unpaired) electrons. The molecule has 0 saturated carbocycles. The molecule has 0 aliphatic carbocycles. The van der Waals surface area contributed by atoms with E-state index in [0.717, 1.165) is 28.5 Å². The van der Waals surface area contributed by atoms with Crippen molar-refractivity contribution < 1.29 is 14.6 Å². The molecule has 6 heteroatoms. The van der Waals surface area contributed by atoms with E-state index in [9.17, 15) is 0 Å². The topological polar surface area (TPSA) is 68.5 Å². The number of rotatable bonds is 8. The second kappa shape index (κ2) is 7.99. The van der Waals surface area contributed by atoms with Gasteiger partial charge in [-0.2, -0.15) is 5.10 Å². The Bertz CT molecular complexity index is 653. The first-order valence-electron chi connectivity index (χ1n) is 7.66. The number of hydrogen-bond acceptors (Lipinski definition) is 5. The van der Waals surface area contributed by atoms with Gasteiger partial charge in [0.2, 0.25) is 0 Å². The van der Waals surface area contributed by atoms with Crippen LogP contribution < -0.4 is 14.8 Å². The molecule has 2 aromatic rings. The van der Waals surface area contributed by atoms with Gasteiger partial charge in [-0.05, 0) is 19.9 Å². The van der Waals surface area contributed by atoms with Gasteiger partial charge in [-0.3, -0.25) is 4.68 Å². The fraction of sp³-hybridized carbons (Fsp3) is 0.471. The number of hydrogen-bond donors (Lipinski definition) is 2. The van der Waals surface area contributed by atoms with Crippen molar-refractivity contribution in [3.63, 3.8) is 0 Å². The number of nitrogens with zero attached hydrogens (tertiary/aromatic N) is 2. The summed E-state index contributed by atoms with van der Waals surface area (Å²) in [5.41, 5.74) is 4.29. The van der Waals surface area contributed by atoms with Crippen LogP contribution in [0.2, 0.25) is 0 Å². The normalized spacial score (nSPS) is 10.8. The average molecular weight is 319 g/mol. The summed E-state index contributed by atoms with van der Waals surface area (Å²) >= 11 is 0. The van der Waals surface area contributed by atoms with Gasteiger partial charge in [0.1, 0.15) is 0 Å². The first-order valence-corrected chi connectivity index (χ1v) is 7.66. The number of aromatic nitrogens is 2. The fourth-order valence-corrected chi connectivity index (χ4v) is 2.72. The van der Waals surface area contributed by atoms with Crippen molar-refractivity contribution in [1.29, 1.82) is 0 Å². The zero-order valence-corrected chi connectivity index (χ0v) is 14.2. The predicted octanol–water partition coefficient (Wildman–Crippen LogP) is 1.80. The number of ether oxygens (including phenoxy) is 2. The van der Waals surface area contributed by atoms with E-state index in [4.69, 9.17) is 14.6 Å². The average Bonchev–Trinajstić information content (AvgIpc) is 2.82. The maximum Gasteiger partial charge on any atom is 0.165 e. The van der Waals surface area contributed by atoms with Gasteiger partial charge >= 0.3 is 0 Å². The third kappa shape index (κ3) is 3.83. The smallest absolute Gasteiger partial charge is 0.165 e. The summed E-state index contributed by atoms with van der Waals surface area (Å²) < 4.78 is 12.6. The van der Waals surface area contributed by atoms with Gasteiger partial charge in [-0.1, -0.05) is 12.1 Å². The minimum atomic E-state index is 0.0931. The van der Waals surface area contributed by atoms with E-state index in [1.807, 2.05) is 36.7 Å². The Morgan fingerprint density at radius 2 is 1.96 bits per heavy atom. The van der Waals surface area contributed by atoms with Crippen LogP contribution in [0.4, 0.5) is 0 Å². The van der Waals surface area contributed by atoms with Crippen LogP contribution in [-0.4, -0.2) is 35.7 Å². The highest BCUT2D eigenvalue weighted by Crippen LogP contribution is 2.30. The van der Waals surface area contributed by atoms with Crippen LogP contribution in [0.1, 0.15) is 22.5 Å². The Morgan fingerprint density at radius 1 is 1.17 bits per heavy atom. The van der Waals surface area contributed by atoms with Gasteiger partial charge in [-0.25, -0.2) is 0 Å². The van der Waals surface area contributed by atoms with E-state index in [-0.39, 0.29) is 6.61 Å². The second-order valence-corrected chi connectivity index (χ2v) is 5.35. The number of benzene rings is 1. The SMILES string of the molecule is COc1cccc(CNCc2c(C)nn(CCO)c2C)c1OC. The summed E-state index contributed by atoms with van der Waals surface area (Å²) in [6.07, 6.45) is 0. The summed E-state index contributed by atoms with van der Waals surface area (Å²) in [5.74, 6) is 1.49. The quantitative estimate of drug-likeness (QED) is 0.776. The molecule has 2 N–H and O–H groups in total. The number of aliphatic hydroxyl groups is 1. The van der Waals surface area contributed by atoms with Gasteiger partial charge in [0.15, 0.2) is 11.5 Å². The molecule has 0 aliphatic rings. The summed E-state index contributed by atoms with van der Waals surface area (Å²) in [4.78, 5) is 0. The van der Waals surface area contributed by atoms with Crippen molar-refractivity contribution in [3.05, 3.63) is 40.7 Å². The third-order valence-corrected chi connectivity index (χ3v) is 3.94. The number of aliphatic hydroxyl groups excluding tert-OH is 1. The molecule has 1 aromatic carbocycles. The van der Waals surface area contributed by atoms with Gasteiger partial charge in [0, 0.05) is 29.9 Å². The highest BCUT2D eigenvalue weighted by molar-refractivity contribution is 5.46. The van der Waals surface area contributed by atoms with Crippen molar-refractivity contribution in [1.82, 2.24) is 15.1 Å². The molecule has 0 bridgehead atoms. The first kappa shape index (κ1) is 17.3. The number of methoxy groups -OCH3 is 2. The Labute approximate surface area is 137 Å². The predicted molar refractivity (Wildman–Crippen MR) is 88.9 cm³/mol. The van der Waals surface area contributed by atoms with E-state index in [0.29, 0.717) is 19.6 Å². The monoisotopic (exact) mass is 319 g/mol. The lowest BCUT2D eigenvalue weighted by molar-refractivity contribution is 0.267. The Morgan fingerprint density at radius 3 is 2.61 bits per heavy atom. The number of para-hydroxylation sites is 1. The molecule has 23 heavy (non-hydrogen) atoms. The van der Waals surface area contributed by atoms with E-state index in [2.05, 4.69) is 10.4 Å². The van der Waals surface area contributed by atoms with Gasteiger partial charge in [0.05, 0.1) is 33.1 Å². The maximum atomic E-state index is 9.07. The summed E-state index contributed by atoms with van der Waals surface area (Å²) in [5, 5.41) is 17.0. The first-order chi connectivity index (χ1) is 11.1. The molecular formula is C17H25N3O3. The lowest BCUT2D eigenvalue weighted by Gasteiger charge is -2.13. The standard InChI is InChI=1S/C17H25N3O3/c1-12-15(13(2)20(19-12)8-9-21)11-18-10-14-6-5-7-16(22-3)17(14)23-4/h5-7,18,21H,8-11H2,1-4H3. The lowest BCUT2D eigenvalue weighted by Crippen LogP contribution is -2.15. The van der Waals surface area contributed by atoms with Crippen LogP contribution in [0.25, 0.3) is 0 Å². The highest BCUT2D eigenvalue weighted by atomic mass is 16.5. The van der Waals surface area contributed by atoms with Gasteiger partial charge in [0.25, 0.3) is 0 Å². The van der Waals surface area contributed by atoms with Crippen molar-refractivity contribution >= 4 is 0 Å². The molecule has 1 aromatic heterocycles. The summed E-state index contributed by atoms with van der Waals surface area (Å²) in [7, 11) is 3.28. The largest absolute Gasteiger partial charge is 0.493 e. The Kier molecular flexibility index (Phi) is 6.01. The Hall–Kier alpha value is -2.05. The number of nitrogens with one attached hydrogen (secondary N) is 1. The van der Waals surface area contributed by atoms with E-state index < -0.39 is 0 Å². The van der Waals surface area contributed by atoms with Crippen LogP contribution >= 0.6 is 0 Å². The molecule has 0 fully saturated rings. The lowest BCUT2D eigenvalue weighted by atomic mass is 10.1. The molecule has 0 amide bonds. The third-order valence-electron chi connectivity index (χ3n) is 3.94. The van der Waals surface area contributed by atoms with Crippen LogP contribution in [0.5, 0.6) is 11.5 Å². The second-order valence-electron chi connectivity index (χ2n) is 5.35. The van der Waals surface area contributed by atoms with Crippen molar-refractivity contribution in [2.45, 2.75) is 33.5 Å². The zero-order chi connectivity index (χ0) is 16.8. The zero-order valence-electron chi connectivity index (χ0n) is 14.2. The Balaban J connectivity index is 2.06. The van der Waals surface area contributed by atoms with E-state index in [1.165, 1.54) is 5.56 Å². The van der Waals surface area contributed by atoms with Crippen molar-refractivity contribution in [3.8, 4) is 11.5 Å². The molecule has 2 rings (SSSR count). The molecule has 0 atom stereocenters. The number of aryl methyl sites for hydroxylation is 1. The summed E-state index contributed by atoms with van der Waals surface area (Å²) in [6.45, 7) is 6.02. The minimum Gasteiger partial charge on any atom is -0.493 e. The van der Waals surface area contributed by atoms with Crippen LogP contribution in [-0.2, 0) is 19.6 Å². The molecule has 0 saturated heterocycles. The van der Waals surface area contributed by atoms with Gasteiger partial charge < -0.3 is 19.9 Å². The molecule has 0 unspecified atom stereocenters.